The van der Waals surface area contributed by atoms with Crippen LogP contribution < -0.4 is 5.73 Å². The predicted molar refractivity (Wildman–Crippen MR) is 61.5 cm³/mol. The predicted octanol–water partition coefficient (Wildman–Crippen LogP) is 1.40. The van der Waals surface area contributed by atoms with E-state index in [1.807, 2.05) is 24.3 Å². The lowest BCUT2D eigenvalue weighted by Gasteiger charge is -2.20. The first-order valence-corrected chi connectivity index (χ1v) is 5.40. The van der Waals surface area contributed by atoms with Crippen molar-refractivity contribution in [3.05, 3.63) is 29.8 Å². The van der Waals surface area contributed by atoms with Crippen LogP contribution in [0.4, 0.5) is 5.69 Å². The van der Waals surface area contributed by atoms with E-state index >= 15 is 0 Å². The van der Waals surface area contributed by atoms with Crippen LogP contribution in [0.2, 0.25) is 0 Å². The van der Waals surface area contributed by atoms with E-state index in [4.69, 9.17) is 5.73 Å². The fourth-order valence-corrected chi connectivity index (χ4v) is 1.76. The van der Waals surface area contributed by atoms with Gasteiger partial charge in [0.15, 0.2) is 0 Å². The smallest absolute Gasteiger partial charge is 0.0916 e. The molecule has 1 aromatic rings. The lowest BCUT2D eigenvalue weighted by Crippen LogP contribution is -2.26. The lowest BCUT2D eigenvalue weighted by atomic mass is 10.1. The minimum Gasteiger partial charge on any atom is -0.399 e. The standard InChI is InChI=1S/C12H18N2O/c1-14(11-6-7-11)8-12(15)9-2-4-10(13)5-3-9/h2-5,11-12,15H,6-8,13H2,1H3. The summed E-state index contributed by atoms with van der Waals surface area (Å²) >= 11 is 0. The Morgan fingerprint density at radius 3 is 2.53 bits per heavy atom. The highest BCUT2D eigenvalue weighted by atomic mass is 16.3. The van der Waals surface area contributed by atoms with E-state index in [2.05, 4.69) is 11.9 Å². The van der Waals surface area contributed by atoms with Gasteiger partial charge in [0.05, 0.1) is 6.10 Å². The fraction of sp³-hybridized carbons (Fsp3) is 0.500. The van der Waals surface area contributed by atoms with E-state index in [1.165, 1.54) is 12.8 Å². The van der Waals surface area contributed by atoms with Crippen molar-refractivity contribution in [1.29, 1.82) is 0 Å². The van der Waals surface area contributed by atoms with Crippen molar-refractivity contribution >= 4 is 5.69 Å². The first kappa shape index (κ1) is 10.5. The average Bonchev–Trinajstić information content (AvgIpc) is 3.01. The number of aliphatic hydroxyl groups is 1. The molecule has 82 valence electrons. The van der Waals surface area contributed by atoms with Gasteiger partial charge in [-0.25, -0.2) is 0 Å². The second-order valence-corrected chi connectivity index (χ2v) is 4.35. The van der Waals surface area contributed by atoms with Crippen molar-refractivity contribution < 1.29 is 5.11 Å². The molecule has 0 amide bonds. The van der Waals surface area contributed by atoms with Crippen molar-refractivity contribution in [2.45, 2.75) is 25.0 Å². The molecule has 2 rings (SSSR count). The van der Waals surface area contributed by atoms with Crippen molar-refractivity contribution in [3.8, 4) is 0 Å². The van der Waals surface area contributed by atoms with Crippen LogP contribution in [0.15, 0.2) is 24.3 Å². The van der Waals surface area contributed by atoms with Gasteiger partial charge >= 0.3 is 0 Å². The van der Waals surface area contributed by atoms with Gasteiger partial charge in [-0.1, -0.05) is 12.1 Å². The topological polar surface area (TPSA) is 49.5 Å². The van der Waals surface area contributed by atoms with Gasteiger partial charge in [0.25, 0.3) is 0 Å². The minimum absolute atomic E-state index is 0.406. The van der Waals surface area contributed by atoms with E-state index in [0.717, 1.165) is 11.3 Å². The number of benzene rings is 1. The number of nitrogens with zero attached hydrogens (tertiary/aromatic N) is 1. The number of nitrogen functional groups attached to an aromatic ring is 1. The third-order valence-corrected chi connectivity index (χ3v) is 2.95. The van der Waals surface area contributed by atoms with Crippen LogP contribution in [0.3, 0.4) is 0 Å². The Hall–Kier alpha value is -1.06. The van der Waals surface area contributed by atoms with Crippen molar-refractivity contribution in [3.63, 3.8) is 0 Å². The van der Waals surface area contributed by atoms with Crippen LogP contribution in [0.5, 0.6) is 0 Å². The zero-order valence-corrected chi connectivity index (χ0v) is 9.06. The van der Waals surface area contributed by atoms with Crippen LogP contribution in [0.1, 0.15) is 24.5 Å². The van der Waals surface area contributed by atoms with Gasteiger partial charge in [-0.15, -0.1) is 0 Å². The maximum atomic E-state index is 9.98. The highest BCUT2D eigenvalue weighted by Crippen LogP contribution is 2.27. The van der Waals surface area contributed by atoms with Gasteiger partial charge in [0, 0.05) is 18.3 Å². The number of aliphatic hydroxyl groups excluding tert-OH is 1. The molecule has 1 atom stereocenters. The number of nitrogens with two attached hydrogens (primary N) is 1. The molecule has 0 heterocycles. The first-order chi connectivity index (χ1) is 7.16. The quantitative estimate of drug-likeness (QED) is 0.732. The molecule has 0 radical (unpaired) electrons. The van der Waals surface area contributed by atoms with Crippen LogP contribution in [-0.2, 0) is 0 Å². The van der Waals surface area contributed by atoms with E-state index in [0.29, 0.717) is 12.6 Å². The molecule has 3 N–H and O–H groups in total. The van der Waals surface area contributed by atoms with Crippen molar-refractivity contribution in [2.75, 3.05) is 19.3 Å². The molecule has 1 aliphatic carbocycles. The summed E-state index contributed by atoms with van der Waals surface area (Å²) in [6.45, 7) is 0.703. The Morgan fingerprint density at radius 1 is 1.40 bits per heavy atom. The number of likely N-dealkylation sites (N-methyl/N-ethyl adjacent to an activating group) is 1. The Kier molecular flexibility index (Phi) is 2.93. The largest absolute Gasteiger partial charge is 0.399 e. The molecule has 0 spiro atoms. The second-order valence-electron chi connectivity index (χ2n) is 4.35. The highest BCUT2D eigenvalue weighted by molar-refractivity contribution is 5.39. The minimum atomic E-state index is -0.406. The zero-order valence-electron chi connectivity index (χ0n) is 9.06. The summed E-state index contributed by atoms with van der Waals surface area (Å²) in [7, 11) is 2.07. The zero-order chi connectivity index (χ0) is 10.8. The fourth-order valence-electron chi connectivity index (χ4n) is 1.76. The third-order valence-electron chi connectivity index (χ3n) is 2.95. The highest BCUT2D eigenvalue weighted by Gasteiger charge is 2.27. The van der Waals surface area contributed by atoms with Gasteiger partial charge in [0.1, 0.15) is 0 Å². The SMILES string of the molecule is CN(CC(O)c1ccc(N)cc1)C1CC1. The molecule has 1 unspecified atom stereocenters. The Balaban J connectivity index is 1.94. The van der Waals surface area contributed by atoms with Crippen LogP contribution >= 0.6 is 0 Å². The van der Waals surface area contributed by atoms with Crippen LogP contribution in [-0.4, -0.2) is 29.6 Å². The number of rotatable bonds is 4. The summed E-state index contributed by atoms with van der Waals surface area (Å²) in [4.78, 5) is 2.22. The molecule has 1 fully saturated rings. The summed E-state index contributed by atoms with van der Waals surface area (Å²) in [5.74, 6) is 0. The maximum absolute atomic E-state index is 9.98. The third kappa shape index (κ3) is 2.70. The molecule has 0 aliphatic heterocycles. The van der Waals surface area contributed by atoms with E-state index in [1.54, 1.807) is 0 Å². The summed E-state index contributed by atoms with van der Waals surface area (Å²) < 4.78 is 0. The maximum Gasteiger partial charge on any atom is 0.0916 e. The molecule has 3 nitrogen and oxygen atoms in total. The second kappa shape index (κ2) is 4.21. The van der Waals surface area contributed by atoms with E-state index in [9.17, 15) is 5.11 Å². The average molecular weight is 206 g/mol. The van der Waals surface area contributed by atoms with Gasteiger partial charge in [0.2, 0.25) is 0 Å². The molecule has 0 aromatic heterocycles. The molecule has 15 heavy (non-hydrogen) atoms. The Bertz CT molecular complexity index is 319. The van der Waals surface area contributed by atoms with E-state index < -0.39 is 6.10 Å². The molecule has 1 aliphatic rings. The molecular formula is C12H18N2O. The summed E-state index contributed by atoms with van der Waals surface area (Å²) in [6, 6.07) is 8.13. The molecule has 1 saturated carbocycles. The summed E-state index contributed by atoms with van der Waals surface area (Å²) in [5.41, 5.74) is 7.27. The van der Waals surface area contributed by atoms with Crippen molar-refractivity contribution in [2.24, 2.45) is 0 Å². The van der Waals surface area contributed by atoms with Crippen LogP contribution in [0, 0.1) is 0 Å². The molecular weight excluding hydrogens is 188 g/mol. The Morgan fingerprint density at radius 2 is 2.00 bits per heavy atom. The molecule has 1 aromatic carbocycles. The van der Waals surface area contributed by atoms with Crippen LogP contribution in [0.25, 0.3) is 0 Å². The summed E-state index contributed by atoms with van der Waals surface area (Å²) in [5, 5.41) is 9.98. The lowest BCUT2D eigenvalue weighted by molar-refractivity contribution is 0.123. The first-order valence-electron chi connectivity index (χ1n) is 5.40. The van der Waals surface area contributed by atoms with Gasteiger partial charge in [-0.05, 0) is 37.6 Å². The number of hydrogen-bond acceptors (Lipinski definition) is 3. The Labute approximate surface area is 90.5 Å². The number of hydrogen-bond donors (Lipinski definition) is 2. The van der Waals surface area contributed by atoms with Gasteiger partial charge < -0.3 is 15.7 Å². The summed E-state index contributed by atoms with van der Waals surface area (Å²) in [6.07, 6.45) is 2.13. The number of anilines is 1. The monoisotopic (exact) mass is 206 g/mol. The van der Waals surface area contributed by atoms with E-state index in [-0.39, 0.29) is 0 Å². The molecule has 3 heteroatoms. The van der Waals surface area contributed by atoms with Crippen molar-refractivity contribution in [1.82, 2.24) is 4.90 Å². The molecule has 0 bridgehead atoms. The van der Waals surface area contributed by atoms with Gasteiger partial charge in [-0.3, -0.25) is 0 Å². The normalized spacial score (nSPS) is 18.1. The molecule has 0 saturated heterocycles. The van der Waals surface area contributed by atoms with Gasteiger partial charge in [-0.2, -0.15) is 0 Å².